The van der Waals surface area contributed by atoms with E-state index in [9.17, 15) is 9.18 Å². The molecular weight excluding hydrogens is 369 g/mol. The maximum Gasteiger partial charge on any atom is 0.224 e. The quantitative estimate of drug-likeness (QED) is 0.493. The minimum Gasteiger partial charge on any atom is -0.361 e. The number of fused-ring (bicyclic) bond motifs is 1. The van der Waals surface area contributed by atoms with Crippen molar-refractivity contribution in [3.63, 3.8) is 0 Å². The number of amides is 1. The van der Waals surface area contributed by atoms with Crippen LogP contribution in [0.25, 0.3) is 10.9 Å². The first-order valence-corrected chi connectivity index (χ1v) is 10.7. The van der Waals surface area contributed by atoms with Crippen LogP contribution in [0.1, 0.15) is 45.1 Å². The van der Waals surface area contributed by atoms with Gasteiger partial charge in [-0.3, -0.25) is 9.79 Å². The third kappa shape index (κ3) is 5.71. The van der Waals surface area contributed by atoms with Crippen LogP contribution in [0.5, 0.6) is 0 Å². The number of aromatic amines is 1. The number of halogens is 1. The number of H-pyrrole nitrogens is 1. The smallest absolute Gasteiger partial charge is 0.224 e. The third-order valence-electron chi connectivity index (χ3n) is 5.48. The van der Waals surface area contributed by atoms with Crippen molar-refractivity contribution in [3.8, 4) is 0 Å². The van der Waals surface area contributed by atoms with Crippen LogP contribution in [-0.4, -0.2) is 54.0 Å². The summed E-state index contributed by atoms with van der Waals surface area (Å²) in [6.45, 7) is 6.90. The van der Waals surface area contributed by atoms with Gasteiger partial charge in [0.1, 0.15) is 5.82 Å². The molecule has 2 aromatic rings. The van der Waals surface area contributed by atoms with Crippen LogP contribution in [0.4, 0.5) is 4.39 Å². The molecule has 0 radical (unpaired) electrons. The Bertz CT molecular complexity index is 847. The molecule has 2 heterocycles. The molecule has 1 saturated heterocycles. The summed E-state index contributed by atoms with van der Waals surface area (Å²) in [5, 5.41) is 7.44. The van der Waals surface area contributed by atoms with Gasteiger partial charge in [0, 0.05) is 49.2 Å². The van der Waals surface area contributed by atoms with Crippen molar-refractivity contribution < 1.29 is 9.18 Å². The Kier molecular flexibility index (Phi) is 7.49. The number of nitrogens with one attached hydrogen (secondary N) is 3. The number of aliphatic imine (C=N–C) groups is 1. The van der Waals surface area contributed by atoms with Crippen LogP contribution in [0.15, 0.2) is 29.4 Å². The second kappa shape index (κ2) is 10.3. The SMILES string of the molecule is CCNC(=NCCC(=O)N1CCCCC1C)NCCc1c[nH]c2ccc(F)cc12. The molecule has 1 aliphatic rings. The van der Waals surface area contributed by atoms with Gasteiger partial charge in [0.25, 0.3) is 0 Å². The van der Waals surface area contributed by atoms with Crippen molar-refractivity contribution in [1.29, 1.82) is 0 Å². The second-order valence-electron chi connectivity index (χ2n) is 7.62. The Morgan fingerprint density at radius 1 is 1.34 bits per heavy atom. The number of rotatable bonds is 7. The summed E-state index contributed by atoms with van der Waals surface area (Å²) >= 11 is 0. The Hall–Kier alpha value is -2.57. The van der Waals surface area contributed by atoms with Gasteiger partial charge in [-0.1, -0.05) is 0 Å². The van der Waals surface area contributed by atoms with Crippen molar-refractivity contribution in [2.24, 2.45) is 4.99 Å². The number of aromatic nitrogens is 1. The van der Waals surface area contributed by atoms with Gasteiger partial charge in [-0.15, -0.1) is 0 Å². The Morgan fingerprint density at radius 2 is 2.21 bits per heavy atom. The summed E-state index contributed by atoms with van der Waals surface area (Å²) in [6.07, 6.45) is 6.51. The molecule has 0 bridgehead atoms. The number of likely N-dealkylation sites (tertiary alicyclic amines) is 1. The molecule has 0 spiro atoms. The summed E-state index contributed by atoms with van der Waals surface area (Å²) in [5.74, 6) is 0.671. The topological polar surface area (TPSA) is 72.5 Å². The second-order valence-corrected chi connectivity index (χ2v) is 7.62. The number of guanidine groups is 1. The van der Waals surface area contributed by atoms with Gasteiger partial charge in [-0.05, 0) is 63.3 Å². The molecule has 1 aromatic heterocycles. The number of carbonyl (C=O) groups excluding carboxylic acids is 1. The zero-order valence-corrected chi connectivity index (χ0v) is 17.4. The fourth-order valence-corrected chi connectivity index (χ4v) is 3.89. The molecule has 1 aliphatic heterocycles. The van der Waals surface area contributed by atoms with E-state index < -0.39 is 0 Å². The first kappa shape index (κ1) is 21.1. The zero-order valence-electron chi connectivity index (χ0n) is 17.4. The zero-order chi connectivity index (χ0) is 20.6. The number of hydrogen-bond donors (Lipinski definition) is 3. The molecule has 7 heteroatoms. The van der Waals surface area contributed by atoms with E-state index in [0.29, 0.717) is 31.5 Å². The summed E-state index contributed by atoms with van der Waals surface area (Å²) in [4.78, 5) is 22.2. The number of carbonyl (C=O) groups is 1. The van der Waals surface area contributed by atoms with Crippen LogP contribution in [0.3, 0.4) is 0 Å². The van der Waals surface area contributed by atoms with Crippen LogP contribution < -0.4 is 10.6 Å². The monoisotopic (exact) mass is 401 g/mol. The Morgan fingerprint density at radius 3 is 3.00 bits per heavy atom. The molecule has 1 atom stereocenters. The molecule has 3 N–H and O–H groups in total. The minimum atomic E-state index is -0.228. The largest absolute Gasteiger partial charge is 0.361 e. The molecule has 29 heavy (non-hydrogen) atoms. The Labute approximate surface area is 172 Å². The predicted molar refractivity (Wildman–Crippen MR) is 116 cm³/mol. The molecule has 3 rings (SSSR count). The van der Waals surface area contributed by atoms with E-state index >= 15 is 0 Å². The lowest BCUT2D eigenvalue weighted by Crippen LogP contribution is -2.42. The lowest BCUT2D eigenvalue weighted by Gasteiger charge is -2.33. The average molecular weight is 402 g/mol. The fraction of sp³-hybridized carbons (Fsp3) is 0.545. The van der Waals surface area contributed by atoms with Crippen molar-refractivity contribution in [2.45, 2.75) is 52.0 Å². The average Bonchev–Trinajstić information content (AvgIpc) is 3.10. The minimum absolute atomic E-state index is 0.192. The van der Waals surface area contributed by atoms with E-state index in [0.717, 1.165) is 48.8 Å². The van der Waals surface area contributed by atoms with Crippen molar-refractivity contribution in [3.05, 3.63) is 35.8 Å². The maximum absolute atomic E-state index is 13.5. The molecule has 0 aliphatic carbocycles. The van der Waals surface area contributed by atoms with E-state index in [-0.39, 0.29) is 11.7 Å². The first-order valence-electron chi connectivity index (χ1n) is 10.7. The van der Waals surface area contributed by atoms with Gasteiger partial charge >= 0.3 is 0 Å². The van der Waals surface area contributed by atoms with E-state index in [1.807, 2.05) is 18.0 Å². The summed E-state index contributed by atoms with van der Waals surface area (Å²) < 4.78 is 13.5. The fourth-order valence-electron chi connectivity index (χ4n) is 3.89. The molecular formula is C22H32FN5O. The molecule has 1 unspecified atom stereocenters. The maximum atomic E-state index is 13.5. The van der Waals surface area contributed by atoms with Gasteiger partial charge < -0.3 is 20.5 Å². The molecule has 1 aromatic carbocycles. The van der Waals surface area contributed by atoms with Crippen LogP contribution in [0, 0.1) is 5.82 Å². The van der Waals surface area contributed by atoms with Crippen LogP contribution in [0.2, 0.25) is 0 Å². The highest BCUT2D eigenvalue weighted by Gasteiger charge is 2.22. The molecule has 1 fully saturated rings. The number of hydrogen-bond acceptors (Lipinski definition) is 2. The molecule has 0 saturated carbocycles. The summed E-state index contributed by atoms with van der Waals surface area (Å²) in [7, 11) is 0. The highest BCUT2D eigenvalue weighted by molar-refractivity contribution is 5.83. The van der Waals surface area contributed by atoms with Gasteiger partial charge in [-0.2, -0.15) is 0 Å². The molecule has 1 amide bonds. The van der Waals surface area contributed by atoms with E-state index in [1.165, 1.54) is 12.5 Å². The number of piperidine rings is 1. The molecule has 6 nitrogen and oxygen atoms in total. The normalized spacial score (nSPS) is 17.6. The van der Waals surface area contributed by atoms with Crippen molar-refractivity contribution in [2.75, 3.05) is 26.2 Å². The Balaban J connectivity index is 1.50. The van der Waals surface area contributed by atoms with Gasteiger partial charge in [0.2, 0.25) is 5.91 Å². The van der Waals surface area contributed by atoms with Gasteiger partial charge in [-0.25, -0.2) is 4.39 Å². The first-order chi connectivity index (χ1) is 14.1. The number of nitrogens with zero attached hydrogens (tertiary/aromatic N) is 2. The van der Waals surface area contributed by atoms with Gasteiger partial charge in [0.15, 0.2) is 5.96 Å². The van der Waals surface area contributed by atoms with E-state index in [1.54, 1.807) is 12.1 Å². The van der Waals surface area contributed by atoms with Gasteiger partial charge in [0.05, 0.1) is 6.54 Å². The third-order valence-corrected chi connectivity index (χ3v) is 5.48. The van der Waals surface area contributed by atoms with Crippen molar-refractivity contribution >= 4 is 22.8 Å². The lowest BCUT2D eigenvalue weighted by molar-refractivity contribution is -0.134. The standard InChI is InChI=1S/C22H32FN5O/c1-3-24-22(26-12-10-21(29)28-13-5-4-6-16(28)2)25-11-9-17-15-27-20-8-7-18(23)14-19(17)20/h7-8,14-16,27H,3-6,9-13H2,1-2H3,(H2,24,25,26). The number of benzene rings is 1. The van der Waals surface area contributed by atoms with E-state index in [2.05, 4.69) is 27.5 Å². The highest BCUT2D eigenvalue weighted by atomic mass is 19.1. The van der Waals surface area contributed by atoms with Crippen LogP contribution >= 0.6 is 0 Å². The predicted octanol–water partition coefficient (Wildman–Crippen LogP) is 3.20. The highest BCUT2D eigenvalue weighted by Crippen LogP contribution is 2.19. The van der Waals surface area contributed by atoms with Crippen LogP contribution in [-0.2, 0) is 11.2 Å². The lowest BCUT2D eigenvalue weighted by atomic mass is 10.0. The summed E-state index contributed by atoms with van der Waals surface area (Å²) in [6, 6.07) is 5.12. The van der Waals surface area contributed by atoms with Crippen molar-refractivity contribution in [1.82, 2.24) is 20.5 Å². The summed E-state index contributed by atoms with van der Waals surface area (Å²) in [5.41, 5.74) is 2.00. The molecule has 158 valence electrons. The van der Waals surface area contributed by atoms with E-state index in [4.69, 9.17) is 0 Å².